The maximum atomic E-state index is 12.1. The minimum Gasteiger partial charge on any atom is -0.493 e. The number of thioether (sulfide) groups is 1. The van der Waals surface area contributed by atoms with Gasteiger partial charge in [0.1, 0.15) is 5.76 Å². The van der Waals surface area contributed by atoms with Crippen molar-refractivity contribution >= 4 is 29.4 Å². The zero-order chi connectivity index (χ0) is 20.5. The van der Waals surface area contributed by atoms with E-state index in [1.54, 1.807) is 20.1 Å². The van der Waals surface area contributed by atoms with Crippen LogP contribution in [0.1, 0.15) is 31.2 Å². The van der Waals surface area contributed by atoms with Crippen LogP contribution in [-0.4, -0.2) is 42.2 Å². The Hall–Kier alpha value is -2.68. The predicted molar refractivity (Wildman–Crippen MR) is 108 cm³/mol. The van der Waals surface area contributed by atoms with Gasteiger partial charge in [0, 0.05) is 6.07 Å². The highest BCUT2D eigenvalue weighted by molar-refractivity contribution is 8.00. The largest absolute Gasteiger partial charge is 0.493 e. The molecule has 1 aromatic heterocycles. The Bertz CT molecular complexity index is 809. The smallest absolute Gasteiger partial charge is 0.235 e. The van der Waals surface area contributed by atoms with Gasteiger partial charge in [-0.15, -0.1) is 11.8 Å². The highest BCUT2D eigenvalue weighted by atomic mass is 32.2. The maximum Gasteiger partial charge on any atom is 0.235 e. The molecule has 1 heterocycles. The highest BCUT2D eigenvalue weighted by Crippen LogP contribution is 2.30. The normalized spacial score (nSPS) is 11.6. The van der Waals surface area contributed by atoms with E-state index in [1.165, 1.54) is 11.8 Å². The first kappa shape index (κ1) is 21.6. The number of nitrogens with zero attached hydrogens (tertiary/aromatic N) is 1. The third-order valence-electron chi connectivity index (χ3n) is 3.73. The van der Waals surface area contributed by atoms with Crippen LogP contribution in [0.15, 0.2) is 28.8 Å². The van der Waals surface area contributed by atoms with Gasteiger partial charge in [-0.3, -0.25) is 9.59 Å². The van der Waals surface area contributed by atoms with Crippen LogP contribution < -0.4 is 20.1 Å². The van der Waals surface area contributed by atoms with E-state index in [2.05, 4.69) is 15.8 Å². The van der Waals surface area contributed by atoms with Gasteiger partial charge in [0.15, 0.2) is 17.3 Å². The molecule has 0 spiro atoms. The lowest BCUT2D eigenvalue weighted by Crippen LogP contribution is -2.28. The second-order valence-corrected chi connectivity index (χ2v) is 6.98. The first-order valence-corrected chi connectivity index (χ1v) is 9.99. The molecule has 9 heteroatoms. The molecule has 0 saturated heterocycles. The van der Waals surface area contributed by atoms with Crippen LogP contribution in [0.25, 0.3) is 0 Å². The summed E-state index contributed by atoms with van der Waals surface area (Å²) in [5.74, 6) is 2.18. The Labute approximate surface area is 168 Å². The summed E-state index contributed by atoms with van der Waals surface area (Å²) in [6.45, 7) is 6.07. The van der Waals surface area contributed by atoms with Crippen molar-refractivity contribution in [3.8, 4) is 11.5 Å². The van der Waals surface area contributed by atoms with E-state index in [0.29, 0.717) is 29.7 Å². The maximum absolute atomic E-state index is 12.1. The standard InChI is InChI=1S/C19H25N3O5S/c1-5-26-15-7-6-14(9-16(15)25-4)13(3)20-18(23)10-28-11-19(24)21-17-8-12(2)27-22-17/h6-9,13H,5,10-11H2,1-4H3,(H,20,23)(H,21,22,24). The molecule has 28 heavy (non-hydrogen) atoms. The molecule has 2 aromatic rings. The minimum absolute atomic E-state index is 0.143. The van der Waals surface area contributed by atoms with Gasteiger partial charge >= 0.3 is 0 Å². The molecule has 0 saturated carbocycles. The quantitative estimate of drug-likeness (QED) is 0.624. The van der Waals surface area contributed by atoms with Gasteiger partial charge < -0.3 is 24.6 Å². The summed E-state index contributed by atoms with van der Waals surface area (Å²) in [7, 11) is 1.58. The number of methoxy groups -OCH3 is 1. The Balaban J connectivity index is 1.78. The second-order valence-electron chi connectivity index (χ2n) is 6.00. The fraction of sp³-hybridized carbons (Fsp3) is 0.421. The van der Waals surface area contributed by atoms with E-state index in [4.69, 9.17) is 14.0 Å². The minimum atomic E-state index is -0.240. The van der Waals surface area contributed by atoms with E-state index < -0.39 is 0 Å². The molecule has 0 aliphatic carbocycles. The molecule has 2 amide bonds. The van der Waals surface area contributed by atoms with Crippen LogP contribution in [-0.2, 0) is 9.59 Å². The molecular formula is C19H25N3O5S. The number of aromatic nitrogens is 1. The van der Waals surface area contributed by atoms with Crippen molar-refractivity contribution in [2.24, 2.45) is 0 Å². The molecular weight excluding hydrogens is 382 g/mol. The lowest BCUT2D eigenvalue weighted by atomic mass is 10.1. The van der Waals surface area contributed by atoms with Crippen molar-refractivity contribution in [3.63, 3.8) is 0 Å². The van der Waals surface area contributed by atoms with Crippen molar-refractivity contribution in [2.45, 2.75) is 26.8 Å². The summed E-state index contributed by atoms with van der Waals surface area (Å²) >= 11 is 1.22. The van der Waals surface area contributed by atoms with Gasteiger partial charge in [0.05, 0.1) is 31.3 Å². The molecule has 152 valence electrons. The van der Waals surface area contributed by atoms with Crippen LogP contribution >= 0.6 is 11.8 Å². The number of rotatable bonds is 10. The monoisotopic (exact) mass is 407 g/mol. The van der Waals surface area contributed by atoms with Gasteiger partial charge in [0.25, 0.3) is 0 Å². The number of ether oxygens (including phenoxy) is 2. The van der Waals surface area contributed by atoms with E-state index >= 15 is 0 Å². The fourth-order valence-corrected chi connectivity index (χ4v) is 3.06. The van der Waals surface area contributed by atoms with Crippen molar-refractivity contribution < 1.29 is 23.6 Å². The first-order chi connectivity index (χ1) is 13.4. The lowest BCUT2D eigenvalue weighted by molar-refractivity contribution is -0.119. The zero-order valence-electron chi connectivity index (χ0n) is 16.4. The van der Waals surface area contributed by atoms with Gasteiger partial charge in [-0.25, -0.2) is 0 Å². The number of hydrogen-bond donors (Lipinski definition) is 2. The number of amides is 2. The van der Waals surface area contributed by atoms with Crippen molar-refractivity contribution in [2.75, 3.05) is 30.5 Å². The zero-order valence-corrected chi connectivity index (χ0v) is 17.2. The second kappa shape index (κ2) is 10.6. The number of hydrogen-bond acceptors (Lipinski definition) is 7. The third-order valence-corrected chi connectivity index (χ3v) is 4.66. The number of carbonyl (C=O) groups excluding carboxylic acids is 2. The average molecular weight is 407 g/mol. The van der Waals surface area contributed by atoms with Crippen molar-refractivity contribution in [1.82, 2.24) is 10.5 Å². The molecule has 1 unspecified atom stereocenters. The Kier molecular flexibility index (Phi) is 8.19. The molecule has 2 rings (SSSR count). The highest BCUT2D eigenvalue weighted by Gasteiger charge is 2.14. The first-order valence-electron chi connectivity index (χ1n) is 8.84. The predicted octanol–water partition coefficient (Wildman–Crippen LogP) is 2.94. The van der Waals surface area contributed by atoms with E-state index in [0.717, 1.165) is 5.56 Å². The SMILES string of the molecule is CCOc1ccc(C(C)NC(=O)CSCC(=O)Nc2cc(C)on2)cc1OC. The summed E-state index contributed by atoms with van der Waals surface area (Å²) < 4.78 is 15.7. The number of nitrogens with one attached hydrogen (secondary N) is 2. The van der Waals surface area contributed by atoms with Crippen LogP contribution in [0.4, 0.5) is 5.82 Å². The molecule has 0 bridgehead atoms. The molecule has 2 N–H and O–H groups in total. The molecule has 8 nitrogen and oxygen atoms in total. The Morgan fingerprint density at radius 3 is 2.61 bits per heavy atom. The molecule has 1 aromatic carbocycles. The summed E-state index contributed by atoms with van der Waals surface area (Å²) in [5, 5.41) is 9.21. The number of aryl methyl sites for hydroxylation is 1. The van der Waals surface area contributed by atoms with E-state index in [9.17, 15) is 9.59 Å². The van der Waals surface area contributed by atoms with Crippen LogP contribution in [0.2, 0.25) is 0 Å². The van der Waals surface area contributed by atoms with E-state index in [-0.39, 0.29) is 29.4 Å². The van der Waals surface area contributed by atoms with E-state index in [1.807, 2.05) is 32.0 Å². The Morgan fingerprint density at radius 1 is 1.21 bits per heavy atom. The number of carbonyl (C=O) groups is 2. The summed E-state index contributed by atoms with van der Waals surface area (Å²) in [6.07, 6.45) is 0. The van der Waals surface area contributed by atoms with Crippen LogP contribution in [0, 0.1) is 6.92 Å². The average Bonchev–Trinajstić information content (AvgIpc) is 3.06. The molecule has 0 aliphatic rings. The molecule has 0 fully saturated rings. The van der Waals surface area contributed by atoms with Crippen LogP contribution in [0.3, 0.4) is 0 Å². The fourth-order valence-electron chi connectivity index (χ4n) is 2.44. The van der Waals surface area contributed by atoms with Crippen molar-refractivity contribution in [3.05, 3.63) is 35.6 Å². The molecule has 0 aliphatic heterocycles. The van der Waals surface area contributed by atoms with Gasteiger partial charge in [-0.1, -0.05) is 11.2 Å². The van der Waals surface area contributed by atoms with Crippen LogP contribution in [0.5, 0.6) is 11.5 Å². The summed E-state index contributed by atoms with van der Waals surface area (Å²) in [6, 6.07) is 6.98. The van der Waals surface area contributed by atoms with Crippen molar-refractivity contribution in [1.29, 1.82) is 0 Å². The molecule has 1 atom stereocenters. The number of benzene rings is 1. The Morgan fingerprint density at radius 2 is 1.96 bits per heavy atom. The number of anilines is 1. The topological polar surface area (TPSA) is 103 Å². The third kappa shape index (κ3) is 6.49. The van der Waals surface area contributed by atoms with Gasteiger partial charge in [0.2, 0.25) is 11.8 Å². The summed E-state index contributed by atoms with van der Waals surface area (Å²) in [5.41, 5.74) is 0.901. The molecule has 0 radical (unpaired) electrons. The summed E-state index contributed by atoms with van der Waals surface area (Å²) in [4.78, 5) is 24.0. The van der Waals surface area contributed by atoms with Gasteiger partial charge in [-0.2, -0.15) is 0 Å². The lowest BCUT2D eigenvalue weighted by Gasteiger charge is -2.17. The van der Waals surface area contributed by atoms with Gasteiger partial charge in [-0.05, 0) is 38.5 Å².